The summed E-state index contributed by atoms with van der Waals surface area (Å²) >= 11 is 0. The van der Waals surface area contributed by atoms with Crippen LogP contribution in [0, 0.1) is 0 Å². The molecule has 4 rings (SSSR count). The molecule has 0 saturated carbocycles. The predicted molar refractivity (Wildman–Crippen MR) is 107 cm³/mol. The van der Waals surface area contributed by atoms with E-state index in [1.165, 1.54) is 23.3 Å². The lowest BCUT2D eigenvalue weighted by molar-refractivity contribution is 0.0590. The highest BCUT2D eigenvalue weighted by Crippen LogP contribution is 2.29. The topological polar surface area (TPSA) is 69.3 Å². The zero-order valence-electron chi connectivity index (χ0n) is 15.5. The molecule has 0 unspecified atom stereocenters. The number of carbonyl (C=O) groups excluding carboxylic acids is 1. The summed E-state index contributed by atoms with van der Waals surface area (Å²) in [5.74, 6) is -0.146. The highest BCUT2D eigenvalue weighted by atomic mass is 16.2. The molecule has 1 N–H and O–H groups in total. The number of H-pyrrole nitrogens is 1. The number of nitrogens with one attached hydrogen (secondary N) is 1. The van der Waals surface area contributed by atoms with E-state index in [-0.39, 0.29) is 23.2 Å². The summed E-state index contributed by atoms with van der Waals surface area (Å²) in [4.78, 5) is 28.0. The molecule has 0 atom stereocenters. The summed E-state index contributed by atoms with van der Waals surface area (Å²) in [5, 5.41) is 6.19. The largest absolute Gasteiger partial charge is 0.335 e. The molecule has 0 spiro atoms. The van der Waals surface area contributed by atoms with Crippen molar-refractivity contribution < 1.29 is 4.79 Å². The molecule has 6 heteroatoms. The molecule has 0 aliphatic carbocycles. The van der Waals surface area contributed by atoms with Gasteiger partial charge in [0, 0.05) is 32.2 Å². The number of aromatic amines is 1. The average Bonchev–Trinajstić information content (AvgIpc) is 2.76. The molecule has 28 heavy (non-hydrogen) atoms. The molecule has 1 saturated heterocycles. The van der Waals surface area contributed by atoms with Crippen LogP contribution >= 0.6 is 0 Å². The molecule has 142 valence electrons. The van der Waals surface area contributed by atoms with Gasteiger partial charge in [0.15, 0.2) is 0 Å². The Bertz CT molecular complexity index is 920. The summed E-state index contributed by atoms with van der Waals surface area (Å²) in [6, 6.07) is 23.9. The second-order valence-corrected chi connectivity index (χ2v) is 6.86. The predicted octanol–water partition coefficient (Wildman–Crippen LogP) is 2.32. The van der Waals surface area contributed by atoms with Gasteiger partial charge in [-0.15, -0.1) is 0 Å². The van der Waals surface area contributed by atoms with E-state index in [0.717, 1.165) is 13.1 Å². The number of carbonyl (C=O) groups is 1. The molecular weight excluding hydrogens is 352 g/mol. The van der Waals surface area contributed by atoms with Gasteiger partial charge in [0.05, 0.1) is 6.04 Å². The Kier molecular flexibility index (Phi) is 5.30. The minimum Gasteiger partial charge on any atom is -0.335 e. The highest BCUT2D eigenvalue weighted by molar-refractivity contribution is 5.92. The van der Waals surface area contributed by atoms with Gasteiger partial charge in [0.1, 0.15) is 5.69 Å². The molecule has 6 nitrogen and oxygen atoms in total. The SMILES string of the molecule is O=C(c1ccc(=O)[nH]n1)N1CCN(C(c2ccccc2)c2ccccc2)CC1. The summed E-state index contributed by atoms with van der Waals surface area (Å²) in [6.45, 7) is 2.78. The van der Waals surface area contributed by atoms with Crippen molar-refractivity contribution >= 4 is 5.91 Å². The number of hydrogen-bond acceptors (Lipinski definition) is 4. The summed E-state index contributed by atoms with van der Waals surface area (Å²) in [7, 11) is 0. The molecule has 3 aromatic rings. The fraction of sp³-hybridized carbons (Fsp3) is 0.227. The Morgan fingerprint density at radius 3 is 1.89 bits per heavy atom. The van der Waals surface area contributed by atoms with Gasteiger partial charge < -0.3 is 4.90 Å². The van der Waals surface area contributed by atoms with E-state index in [0.29, 0.717) is 13.1 Å². The van der Waals surface area contributed by atoms with Gasteiger partial charge in [-0.1, -0.05) is 60.7 Å². The van der Waals surface area contributed by atoms with Crippen LogP contribution < -0.4 is 5.56 Å². The van der Waals surface area contributed by atoms with Crippen LogP contribution in [0.2, 0.25) is 0 Å². The maximum Gasteiger partial charge on any atom is 0.274 e. The Morgan fingerprint density at radius 2 is 1.39 bits per heavy atom. The third-order valence-electron chi connectivity index (χ3n) is 5.10. The number of nitrogens with zero attached hydrogens (tertiary/aromatic N) is 3. The van der Waals surface area contributed by atoms with Crippen LogP contribution in [0.5, 0.6) is 0 Å². The van der Waals surface area contributed by atoms with Crippen LogP contribution in [-0.2, 0) is 0 Å². The molecule has 1 aliphatic heterocycles. The van der Waals surface area contributed by atoms with Gasteiger partial charge in [-0.05, 0) is 17.2 Å². The van der Waals surface area contributed by atoms with E-state index in [2.05, 4.69) is 63.6 Å². The van der Waals surface area contributed by atoms with Crippen molar-refractivity contribution in [1.82, 2.24) is 20.0 Å². The molecule has 2 aromatic carbocycles. The molecule has 1 aliphatic rings. The van der Waals surface area contributed by atoms with Gasteiger partial charge in [-0.3, -0.25) is 14.5 Å². The van der Waals surface area contributed by atoms with Crippen LogP contribution in [0.15, 0.2) is 77.6 Å². The number of benzene rings is 2. The molecule has 2 heterocycles. The first-order chi connectivity index (χ1) is 13.7. The van der Waals surface area contributed by atoms with Gasteiger partial charge in [-0.25, -0.2) is 5.10 Å². The monoisotopic (exact) mass is 374 g/mol. The lowest BCUT2D eigenvalue weighted by Crippen LogP contribution is -2.50. The fourth-order valence-corrected chi connectivity index (χ4v) is 3.69. The fourth-order valence-electron chi connectivity index (χ4n) is 3.69. The van der Waals surface area contributed by atoms with Gasteiger partial charge in [0.2, 0.25) is 0 Å². The summed E-state index contributed by atoms with van der Waals surface area (Å²) in [5.41, 5.74) is 2.46. The number of amides is 1. The van der Waals surface area contributed by atoms with Gasteiger partial charge in [0.25, 0.3) is 11.5 Å². The molecule has 0 radical (unpaired) electrons. The summed E-state index contributed by atoms with van der Waals surface area (Å²) < 4.78 is 0. The maximum atomic E-state index is 12.7. The van der Waals surface area contributed by atoms with Gasteiger partial charge >= 0.3 is 0 Å². The first-order valence-corrected chi connectivity index (χ1v) is 9.41. The van der Waals surface area contributed by atoms with Crippen LogP contribution in [0.4, 0.5) is 0 Å². The Labute approximate surface area is 163 Å². The Hall–Kier alpha value is -3.25. The van der Waals surface area contributed by atoms with Crippen LogP contribution in [0.25, 0.3) is 0 Å². The first-order valence-electron chi connectivity index (χ1n) is 9.41. The number of hydrogen-bond donors (Lipinski definition) is 1. The zero-order valence-corrected chi connectivity index (χ0v) is 15.5. The standard InChI is InChI=1S/C22H22N4O2/c27-20-12-11-19(23-24-20)22(28)26-15-13-25(14-16-26)21(17-7-3-1-4-8-17)18-9-5-2-6-10-18/h1-12,21H,13-16H2,(H,24,27). The van der Waals surface area contributed by atoms with Crippen molar-refractivity contribution in [2.75, 3.05) is 26.2 Å². The van der Waals surface area contributed by atoms with Gasteiger partial charge in [-0.2, -0.15) is 5.10 Å². The molecule has 1 amide bonds. The van der Waals surface area contributed by atoms with E-state index in [1.54, 1.807) is 4.90 Å². The van der Waals surface area contributed by atoms with Crippen molar-refractivity contribution in [1.29, 1.82) is 0 Å². The Balaban J connectivity index is 1.51. The van der Waals surface area contributed by atoms with Crippen molar-refractivity contribution in [2.24, 2.45) is 0 Å². The quantitative estimate of drug-likeness (QED) is 0.761. The Morgan fingerprint density at radius 1 is 0.821 bits per heavy atom. The van der Waals surface area contributed by atoms with Crippen molar-refractivity contribution in [2.45, 2.75) is 6.04 Å². The number of rotatable bonds is 4. The molecular formula is C22H22N4O2. The third kappa shape index (κ3) is 3.87. The molecule has 1 aromatic heterocycles. The third-order valence-corrected chi connectivity index (χ3v) is 5.10. The summed E-state index contributed by atoms with van der Waals surface area (Å²) in [6.07, 6.45) is 0. The second-order valence-electron chi connectivity index (χ2n) is 6.86. The second kappa shape index (κ2) is 8.19. The van der Waals surface area contributed by atoms with Crippen LogP contribution in [-0.4, -0.2) is 52.1 Å². The first kappa shape index (κ1) is 18.1. The number of piperazine rings is 1. The van der Waals surface area contributed by atoms with Crippen LogP contribution in [0.3, 0.4) is 0 Å². The van der Waals surface area contributed by atoms with E-state index >= 15 is 0 Å². The lowest BCUT2D eigenvalue weighted by Gasteiger charge is -2.39. The number of aromatic nitrogens is 2. The zero-order chi connectivity index (χ0) is 19.3. The van der Waals surface area contributed by atoms with Crippen LogP contribution in [0.1, 0.15) is 27.7 Å². The van der Waals surface area contributed by atoms with Crippen molar-refractivity contribution in [3.05, 3.63) is 100.0 Å². The maximum absolute atomic E-state index is 12.7. The van der Waals surface area contributed by atoms with E-state index < -0.39 is 0 Å². The molecule has 1 fully saturated rings. The highest BCUT2D eigenvalue weighted by Gasteiger charge is 2.28. The van der Waals surface area contributed by atoms with E-state index in [4.69, 9.17) is 0 Å². The lowest BCUT2D eigenvalue weighted by atomic mass is 9.96. The minimum absolute atomic E-state index is 0.146. The normalized spacial score (nSPS) is 15.0. The average molecular weight is 374 g/mol. The van der Waals surface area contributed by atoms with Crippen molar-refractivity contribution in [3.63, 3.8) is 0 Å². The van der Waals surface area contributed by atoms with E-state index in [1.807, 2.05) is 12.1 Å². The molecule has 0 bridgehead atoms. The van der Waals surface area contributed by atoms with Crippen molar-refractivity contribution in [3.8, 4) is 0 Å². The van der Waals surface area contributed by atoms with E-state index in [9.17, 15) is 9.59 Å². The minimum atomic E-state index is -0.310. The smallest absolute Gasteiger partial charge is 0.274 e.